The van der Waals surface area contributed by atoms with Gasteiger partial charge in [0.15, 0.2) is 0 Å². The van der Waals surface area contributed by atoms with Crippen LogP contribution in [0.3, 0.4) is 0 Å². The van der Waals surface area contributed by atoms with E-state index in [1.54, 1.807) is 11.7 Å². The number of hydrogen-bond donors (Lipinski definition) is 2. The molecule has 1 aliphatic rings. The van der Waals surface area contributed by atoms with Crippen molar-refractivity contribution in [1.82, 2.24) is 15.1 Å². The van der Waals surface area contributed by atoms with Gasteiger partial charge in [-0.1, -0.05) is 0 Å². The normalized spacial score (nSPS) is 15.5. The smallest absolute Gasteiger partial charge is 0.271 e. The molecule has 0 radical (unpaired) electrons. The molecule has 1 amide bonds. The predicted molar refractivity (Wildman–Crippen MR) is 52.8 cm³/mol. The van der Waals surface area contributed by atoms with Gasteiger partial charge in [-0.3, -0.25) is 9.48 Å². The van der Waals surface area contributed by atoms with Crippen LogP contribution >= 0.6 is 0 Å². The van der Waals surface area contributed by atoms with Gasteiger partial charge in [0.25, 0.3) is 5.91 Å². The predicted octanol–water partition coefficient (Wildman–Crippen LogP) is 0.235. The van der Waals surface area contributed by atoms with Gasteiger partial charge in [0, 0.05) is 13.6 Å². The molecule has 5 heteroatoms. The lowest BCUT2D eigenvalue weighted by Gasteiger charge is -2.05. The number of carbonyl (C=O) groups excluding carboxylic acids is 1. The summed E-state index contributed by atoms with van der Waals surface area (Å²) in [5.41, 5.74) is 6.60. The van der Waals surface area contributed by atoms with Crippen molar-refractivity contribution in [2.75, 3.05) is 12.8 Å². The van der Waals surface area contributed by atoms with E-state index in [0.29, 0.717) is 17.3 Å². The average molecular weight is 194 g/mol. The van der Waals surface area contributed by atoms with E-state index in [2.05, 4.69) is 10.4 Å². The summed E-state index contributed by atoms with van der Waals surface area (Å²) in [5.74, 6) is 0.512. The lowest BCUT2D eigenvalue weighted by atomic mass is 10.3. The molecule has 1 aromatic heterocycles. The van der Waals surface area contributed by atoms with Crippen molar-refractivity contribution >= 4 is 11.6 Å². The molecule has 0 atom stereocenters. The van der Waals surface area contributed by atoms with Gasteiger partial charge in [-0.05, 0) is 18.8 Å². The van der Waals surface area contributed by atoms with Crippen molar-refractivity contribution in [2.45, 2.75) is 19.4 Å². The van der Waals surface area contributed by atoms with E-state index < -0.39 is 0 Å². The molecular formula is C9H14N4O. The molecule has 76 valence electrons. The van der Waals surface area contributed by atoms with Crippen molar-refractivity contribution in [2.24, 2.45) is 5.92 Å². The summed E-state index contributed by atoms with van der Waals surface area (Å²) in [6.45, 7) is 0.806. The highest BCUT2D eigenvalue weighted by Gasteiger charge is 2.25. The molecular weight excluding hydrogens is 180 g/mol. The van der Waals surface area contributed by atoms with Gasteiger partial charge in [-0.25, -0.2) is 0 Å². The van der Waals surface area contributed by atoms with Gasteiger partial charge >= 0.3 is 0 Å². The van der Waals surface area contributed by atoms with Crippen LogP contribution in [0.1, 0.15) is 23.3 Å². The number of rotatable bonds is 3. The second-order valence-electron chi connectivity index (χ2n) is 3.65. The molecule has 3 N–H and O–H groups in total. The fourth-order valence-corrected chi connectivity index (χ4v) is 1.45. The van der Waals surface area contributed by atoms with Crippen LogP contribution in [-0.4, -0.2) is 22.7 Å². The quantitative estimate of drug-likeness (QED) is 0.723. The fraction of sp³-hybridized carbons (Fsp3) is 0.556. The lowest BCUT2D eigenvalue weighted by molar-refractivity contribution is 0.0953. The summed E-state index contributed by atoms with van der Waals surface area (Å²) in [6.07, 6.45) is 3.99. The first-order valence-corrected chi connectivity index (χ1v) is 4.75. The number of anilines is 1. The number of nitrogens with two attached hydrogens (primary N) is 1. The van der Waals surface area contributed by atoms with Crippen LogP contribution in [0, 0.1) is 5.92 Å². The van der Waals surface area contributed by atoms with E-state index in [1.165, 1.54) is 19.0 Å². The lowest BCUT2D eigenvalue weighted by Crippen LogP contribution is -2.23. The first-order chi connectivity index (χ1) is 6.72. The Morgan fingerprint density at radius 3 is 3.07 bits per heavy atom. The van der Waals surface area contributed by atoms with Crippen LogP contribution in [0.25, 0.3) is 0 Å². The van der Waals surface area contributed by atoms with Gasteiger partial charge < -0.3 is 11.1 Å². The number of carbonyl (C=O) groups is 1. The number of nitrogens with one attached hydrogen (secondary N) is 1. The van der Waals surface area contributed by atoms with Gasteiger partial charge in [0.1, 0.15) is 5.69 Å². The molecule has 0 aromatic carbocycles. The van der Waals surface area contributed by atoms with Crippen molar-refractivity contribution in [3.05, 3.63) is 11.9 Å². The Bertz CT molecular complexity index is 354. The molecule has 1 aromatic rings. The van der Waals surface area contributed by atoms with Gasteiger partial charge in [0.05, 0.1) is 11.9 Å². The average Bonchev–Trinajstić information content (AvgIpc) is 2.90. The number of aromatic nitrogens is 2. The molecule has 0 aliphatic heterocycles. The summed E-state index contributed by atoms with van der Waals surface area (Å²) < 4.78 is 1.70. The third kappa shape index (κ3) is 1.57. The van der Waals surface area contributed by atoms with Crippen molar-refractivity contribution in [3.8, 4) is 0 Å². The first-order valence-electron chi connectivity index (χ1n) is 4.75. The van der Waals surface area contributed by atoms with Crippen molar-refractivity contribution in [1.29, 1.82) is 0 Å². The van der Waals surface area contributed by atoms with Crippen molar-refractivity contribution < 1.29 is 4.79 Å². The van der Waals surface area contributed by atoms with E-state index in [9.17, 15) is 4.79 Å². The van der Waals surface area contributed by atoms with E-state index in [0.717, 1.165) is 6.54 Å². The third-order valence-corrected chi connectivity index (χ3v) is 2.44. The Balaban J connectivity index is 2.24. The highest BCUT2D eigenvalue weighted by molar-refractivity contribution is 5.97. The van der Waals surface area contributed by atoms with Gasteiger partial charge in [-0.15, -0.1) is 0 Å². The summed E-state index contributed by atoms with van der Waals surface area (Å²) in [5, 5.41) is 6.66. The maximum atomic E-state index is 11.5. The van der Waals surface area contributed by atoms with Crippen LogP contribution in [-0.2, 0) is 6.54 Å². The number of nitrogen functional groups attached to an aromatic ring is 1. The van der Waals surface area contributed by atoms with E-state index in [4.69, 9.17) is 5.73 Å². The summed E-state index contributed by atoms with van der Waals surface area (Å²) >= 11 is 0. The van der Waals surface area contributed by atoms with E-state index in [-0.39, 0.29) is 5.91 Å². The minimum atomic E-state index is -0.166. The van der Waals surface area contributed by atoms with Gasteiger partial charge in [0.2, 0.25) is 0 Å². The summed E-state index contributed by atoms with van der Waals surface area (Å²) in [6, 6.07) is 0. The largest absolute Gasteiger partial charge is 0.396 e. The van der Waals surface area contributed by atoms with E-state index >= 15 is 0 Å². The molecule has 1 aliphatic carbocycles. The molecule has 1 fully saturated rings. The number of hydrogen-bond acceptors (Lipinski definition) is 3. The topological polar surface area (TPSA) is 72.9 Å². The summed E-state index contributed by atoms with van der Waals surface area (Å²) in [7, 11) is 1.59. The highest BCUT2D eigenvalue weighted by Crippen LogP contribution is 2.31. The molecule has 1 heterocycles. The molecule has 0 spiro atoms. The Kier molecular flexibility index (Phi) is 2.15. The minimum absolute atomic E-state index is 0.166. The van der Waals surface area contributed by atoms with Gasteiger partial charge in [-0.2, -0.15) is 5.10 Å². The first kappa shape index (κ1) is 9.05. The molecule has 0 unspecified atom stereocenters. The second kappa shape index (κ2) is 3.32. The van der Waals surface area contributed by atoms with Crippen LogP contribution < -0.4 is 11.1 Å². The zero-order chi connectivity index (χ0) is 10.1. The maximum Gasteiger partial charge on any atom is 0.271 e. The van der Waals surface area contributed by atoms with Crippen LogP contribution in [0.4, 0.5) is 5.69 Å². The molecule has 5 nitrogen and oxygen atoms in total. The monoisotopic (exact) mass is 194 g/mol. The van der Waals surface area contributed by atoms with E-state index in [1.807, 2.05) is 0 Å². The molecule has 14 heavy (non-hydrogen) atoms. The Morgan fingerprint density at radius 1 is 1.79 bits per heavy atom. The van der Waals surface area contributed by atoms with Crippen LogP contribution in [0.2, 0.25) is 0 Å². The minimum Gasteiger partial charge on any atom is -0.396 e. The standard InChI is InChI=1S/C9H14N4O/c1-11-9(14)8-7(10)4-12-13(8)5-6-2-3-6/h4,6H,2-3,5,10H2,1H3,(H,11,14). The fourth-order valence-electron chi connectivity index (χ4n) is 1.45. The Labute approximate surface area is 82.3 Å². The van der Waals surface area contributed by atoms with Crippen LogP contribution in [0.5, 0.6) is 0 Å². The zero-order valence-electron chi connectivity index (χ0n) is 8.16. The number of amides is 1. The maximum absolute atomic E-state index is 11.5. The SMILES string of the molecule is CNC(=O)c1c(N)cnn1CC1CC1. The molecule has 1 saturated carbocycles. The van der Waals surface area contributed by atoms with Crippen molar-refractivity contribution in [3.63, 3.8) is 0 Å². The summed E-state index contributed by atoms with van der Waals surface area (Å²) in [4.78, 5) is 11.5. The zero-order valence-corrected chi connectivity index (χ0v) is 8.16. The van der Waals surface area contributed by atoms with Crippen LogP contribution in [0.15, 0.2) is 6.20 Å². The Morgan fingerprint density at radius 2 is 2.50 bits per heavy atom. The molecule has 2 rings (SSSR count). The third-order valence-electron chi connectivity index (χ3n) is 2.44. The highest BCUT2D eigenvalue weighted by atomic mass is 16.1. The number of nitrogens with zero attached hydrogens (tertiary/aromatic N) is 2. The molecule has 0 bridgehead atoms. The molecule has 0 saturated heterocycles. The second-order valence-corrected chi connectivity index (χ2v) is 3.65. The Hall–Kier alpha value is -1.52.